The van der Waals surface area contributed by atoms with Crippen LogP contribution >= 0.6 is 0 Å². The van der Waals surface area contributed by atoms with Gasteiger partial charge in [-0.3, -0.25) is 9.36 Å². The van der Waals surface area contributed by atoms with Crippen molar-refractivity contribution in [2.45, 2.75) is 6.54 Å². The number of aryl methyl sites for hydroxylation is 1. The summed E-state index contributed by atoms with van der Waals surface area (Å²) in [4.78, 5) is 20.7. The Morgan fingerprint density at radius 1 is 1.20 bits per heavy atom. The Balaban J connectivity index is 1.49. The lowest BCUT2D eigenvalue weighted by Crippen LogP contribution is -2.22. The van der Waals surface area contributed by atoms with Gasteiger partial charge in [0.25, 0.3) is 5.91 Å². The number of nitrogens with one attached hydrogen (secondary N) is 1. The molecule has 25 heavy (non-hydrogen) atoms. The zero-order valence-electron chi connectivity index (χ0n) is 13.5. The lowest BCUT2D eigenvalue weighted by atomic mass is 10.1. The largest absolute Gasteiger partial charge is 0.348 e. The molecular weight excluding hydrogens is 318 g/mol. The number of pyridine rings is 1. The Morgan fingerprint density at radius 2 is 2.12 bits per heavy atom. The highest BCUT2D eigenvalue weighted by molar-refractivity contribution is 5.97. The fraction of sp³-hybridized carbons (Fsp3) is 0.118. The Hall–Kier alpha value is -3.55. The van der Waals surface area contributed by atoms with Gasteiger partial charge in [-0.2, -0.15) is 0 Å². The van der Waals surface area contributed by atoms with Gasteiger partial charge in [0, 0.05) is 37.7 Å². The molecule has 0 saturated carbocycles. The number of amides is 1. The van der Waals surface area contributed by atoms with Crippen molar-refractivity contribution in [3.8, 4) is 5.82 Å². The molecule has 1 aromatic carbocycles. The summed E-state index contributed by atoms with van der Waals surface area (Å²) in [6.45, 7) is 0.407. The highest BCUT2D eigenvalue weighted by Crippen LogP contribution is 2.13. The summed E-state index contributed by atoms with van der Waals surface area (Å²) in [7, 11) is 1.80. The molecule has 8 nitrogen and oxygen atoms in total. The lowest BCUT2D eigenvalue weighted by molar-refractivity contribution is 0.0951. The number of nitrogens with zero attached hydrogens (tertiary/aromatic N) is 6. The molecule has 0 aliphatic heterocycles. The number of benzene rings is 1. The second kappa shape index (κ2) is 6.16. The predicted molar refractivity (Wildman–Crippen MR) is 91.0 cm³/mol. The molecule has 0 unspecified atom stereocenters. The molecule has 4 rings (SSSR count). The smallest absolute Gasteiger partial charge is 0.251 e. The lowest BCUT2D eigenvalue weighted by Gasteiger charge is -2.07. The zero-order valence-corrected chi connectivity index (χ0v) is 13.5. The Bertz CT molecular complexity index is 1040. The summed E-state index contributed by atoms with van der Waals surface area (Å²) in [5.74, 6) is 0.607. The maximum absolute atomic E-state index is 12.4. The highest BCUT2D eigenvalue weighted by Gasteiger charge is 2.09. The molecule has 1 N–H and O–H groups in total. The number of hydrogen-bond acceptors (Lipinski definition) is 5. The van der Waals surface area contributed by atoms with E-state index in [-0.39, 0.29) is 5.91 Å². The molecule has 0 fully saturated rings. The molecule has 0 saturated heterocycles. The van der Waals surface area contributed by atoms with Crippen LogP contribution in [0.3, 0.4) is 0 Å². The normalized spacial score (nSPS) is 10.9. The van der Waals surface area contributed by atoms with Crippen LogP contribution in [0.15, 0.2) is 55.2 Å². The van der Waals surface area contributed by atoms with Gasteiger partial charge >= 0.3 is 0 Å². The van der Waals surface area contributed by atoms with Crippen LogP contribution in [0.25, 0.3) is 16.9 Å². The van der Waals surface area contributed by atoms with E-state index in [1.54, 1.807) is 48.6 Å². The molecule has 0 aliphatic carbocycles. The van der Waals surface area contributed by atoms with Crippen molar-refractivity contribution in [1.82, 2.24) is 34.8 Å². The first kappa shape index (κ1) is 15.0. The topological polar surface area (TPSA) is 90.5 Å². The van der Waals surface area contributed by atoms with Crippen LogP contribution in [0, 0.1) is 0 Å². The van der Waals surface area contributed by atoms with Gasteiger partial charge in [-0.25, -0.2) is 14.6 Å². The third-order valence-corrected chi connectivity index (χ3v) is 3.90. The fourth-order valence-corrected chi connectivity index (χ4v) is 2.56. The summed E-state index contributed by atoms with van der Waals surface area (Å²) >= 11 is 0. The van der Waals surface area contributed by atoms with Gasteiger partial charge in [0.2, 0.25) is 0 Å². The number of imidazole rings is 1. The standard InChI is InChI=1S/C17H15N7O/c1-23-15-9-13(2-3-14(15)21-22-23)17(25)20-10-12-4-5-19-16(8-12)24-7-6-18-11-24/h2-9,11H,10H2,1H3,(H,20,25). The summed E-state index contributed by atoms with van der Waals surface area (Å²) < 4.78 is 3.46. The molecular formula is C17H15N7O. The van der Waals surface area contributed by atoms with Crippen molar-refractivity contribution < 1.29 is 4.79 Å². The molecule has 4 aromatic rings. The van der Waals surface area contributed by atoms with Crippen LogP contribution in [-0.2, 0) is 13.6 Å². The zero-order chi connectivity index (χ0) is 17.2. The van der Waals surface area contributed by atoms with E-state index in [1.165, 1.54) is 0 Å². The van der Waals surface area contributed by atoms with Gasteiger partial charge in [-0.1, -0.05) is 5.21 Å². The third kappa shape index (κ3) is 2.97. The van der Waals surface area contributed by atoms with Crippen molar-refractivity contribution in [1.29, 1.82) is 0 Å². The molecule has 0 spiro atoms. The molecule has 0 atom stereocenters. The third-order valence-electron chi connectivity index (χ3n) is 3.90. The number of fused-ring (bicyclic) bond motifs is 1. The maximum Gasteiger partial charge on any atom is 0.251 e. The van der Waals surface area contributed by atoms with Crippen LogP contribution in [0.2, 0.25) is 0 Å². The summed E-state index contributed by atoms with van der Waals surface area (Å²) in [5, 5.41) is 10.9. The number of carbonyl (C=O) groups is 1. The number of aromatic nitrogens is 6. The molecule has 1 amide bonds. The van der Waals surface area contributed by atoms with Gasteiger partial charge < -0.3 is 5.32 Å². The summed E-state index contributed by atoms with van der Waals surface area (Å²) in [5.41, 5.74) is 3.11. The number of rotatable bonds is 4. The average Bonchev–Trinajstić information content (AvgIpc) is 3.30. The van der Waals surface area contributed by atoms with Crippen molar-refractivity contribution in [2.75, 3.05) is 0 Å². The van der Waals surface area contributed by atoms with E-state index >= 15 is 0 Å². The number of hydrogen-bond donors (Lipinski definition) is 1. The second-order valence-corrected chi connectivity index (χ2v) is 5.59. The van der Waals surface area contributed by atoms with Crippen LogP contribution in [0.4, 0.5) is 0 Å². The first-order valence-electron chi connectivity index (χ1n) is 7.71. The van der Waals surface area contributed by atoms with Gasteiger partial charge in [0.05, 0.1) is 5.52 Å². The van der Waals surface area contributed by atoms with Crippen molar-refractivity contribution >= 4 is 16.9 Å². The molecule has 3 heterocycles. The molecule has 8 heteroatoms. The first-order chi connectivity index (χ1) is 12.2. The molecule has 0 bridgehead atoms. The van der Waals surface area contributed by atoms with Crippen LogP contribution in [0.1, 0.15) is 15.9 Å². The van der Waals surface area contributed by atoms with Crippen LogP contribution < -0.4 is 5.32 Å². The summed E-state index contributed by atoms with van der Waals surface area (Å²) in [6, 6.07) is 9.11. The van der Waals surface area contributed by atoms with E-state index in [4.69, 9.17) is 0 Å². The molecule has 124 valence electrons. The maximum atomic E-state index is 12.4. The minimum atomic E-state index is -0.149. The number of carbonyl (C=O) groups excluding carboxylic acids is 1. The van der Waals surface area contributed by atoms with E-state index in [2.05, 4.69) is 25.6 Å². The monoisotopic (exact) mass is 333 g/mol. The second-order valence-electron chi connectivity index (χ2n) is 5.59. The molecule has 0 radical (unpaired) electrons. The molecule has 0 aliphatic rings. The van der Waals surface area contributed by atoms with Gasteiger partial charge in [-0.05, 0) is 35.9 Å². The van der Waals surface area contributed by atoms with Gasteiger partial charge in [-0.15, -0.1) is 5.10 Å². The highest BCUT2D eigenvalue weighted by atomic mass is 16.1. The summed E-state index contributed by atoms with van der Waals surface area (Å²) in [6.07, 6.45) is 6.91. The molecule has 3 aromatic heterocycles. The van der Waals surface area contributed by atoms with E-state index in [1.807, 2.05) is 22.9 Å². The minimum Gasteiger partial charge on any atom is -0.348 e. The van der Waals surface area contributed by atoms with E-state index < -0.39 is 0 Å². The van der Waals surface area contributed by atoms with E-state index in [9.17, 15) is 4.79 Å². The average molecular weight is 333 g/mol. The minimum absolute atomic E-state index is 0.149. The predicted octanol–water partition coefficient (Wildman–Crippen LogP) is 1.48. The Labute approximate surface area is 143 Å². The van der Waals surface area contributed by atoms with E-state index in [0.29, 0.717) is 12.1 Å². The SMILES string of the molecule is Cn1nnc2ccc(C(=O)NCc3ccnc(-n4ccnc4)c3)cc21. The van der Waals surface area contributed by atoms with Gasteiger partial charge in [0.1, 0.15) is 17.7 Å². The Kier molecular flexibility index (Phi) is 3.70. The van der Waals surface area contributed by atoms with Crippen molar-refractivity contribution in [2.24, 2.45) is 7.05 Å². The Morgan fingerprint density at radius 3 is 2.96 bits per heavy atom. The van der Waals surface area contributed by atoms with Crippen molar-refractivity contribution in [3.63, 3.8) is 0 Å². The fourth-order valence-electron chi connectivity index (χ4n) is 2.56. The first-order valence-corrected chi connectivity index (χ1v) is 7.71. The van der Waals surface area contributed by atoms with Crippen LogP contribution in [0.5, 0.6) is 0 Å². The van der Waals surface area contributed by atoms with Crippen molar-refractivity contribution in [3.05, 3.63) is 66.4 Å². The van der Waals surface area contributed by atoms with Gasteiger partial charge in [0.15, 0.2) is 0 Å². The quantitative estimate of drug-likeness (QED) is 0.611. The van der Waals surface area contributed by atoms with Crippen LogP contribution in [-0.4, -0.2) is 35.4 Å². The van der Waals surface area contributed by atoms with E-state index in [0.717, 1.165) is 22.4 Å².